The monoisotopic (exact) mass is 260 g/mol. The average molecular weight is 261 g/mol. The van der Waals surface area contributed by atoms with Gasteiger partial charge in [-0.05, 0) is 37.1 Å². The maximum absolute atomic E-state index is 13.3. The van der Waals surface area contributed by atoms with Crippen molar-refractivity contribution < 1.29 is 9.50 Å². The normalized spacial score (nSPS) is 15.2. The summed E-state index contributed by atoms with van der Waals surface area (Å²) in [4.78, 5) is 0. The summed E-state index contributed by atoms with van der Waals surface area (Å²) in [5.41, 5.74) is -0.284. The van der Waals surface area contributed by atoms with E-state index in [1.54, 1.807) is 19.1 Å². The zero-order valence-electron chi connectivity index (χ0n) is 8.35. The summed E-state index contributed by atoms with van der Waals surface area (Å²) in [6, 6.07) is 4.77. The van der Waals surface area contributed by atoms with Crippen LogP contribution in [0.4, 0.5) is 4.39 Å². The topological polar surface area (TPSA) is 20.2 Å². The first-order valence-corrected chi connectivity index (χ1v) is 5.40. The minimum Gasteiger partial charge on any atom is -0.390 e. The predicted molar refractivity (Wildman–Crippen MR) is 58.7 cm³/mol. The Morgan fingerprint density at radius 1 is 1.50 bits per heavy atom. The molecule has 0 aliphatic heterocycles. The lowest BCUT2D eigenvalue weighted by molar-refractivity contribution is 0.0555. The fourth-order valence-corrected chi connectivity index (χ4v) is 1.62. The van der Waals surface area contributed by atoms with Gasteiger partial charge in [0.25, 0.3) is 0 Å². The van der Waals surface area contributed by atoms with Gasteiger partial charge in [0, 0.05) is 10.9 Å². The predicted octanol–water partition coefficient (Wildman–Crippen LogP) is 3.29. The van der Waals surface area contributed by atoms with Crippen LogP contribution in [0.25, 0.3) is 0 Å². The maximum atomic E-state index is 13.3. The van der Waals surface area contributed by atoms with Crippen molar-refractivity contribution in [1.29, 1.82) is 0 Å². The lowest BCUT2D eigenvalue weighted by atomic mass is 9.94. The van der Waals surface area contributed by atoms with Crippen molar-refractivity contribution in [2.24, 2.45) is 0 Å². The van der Waals surface area contributed by atoms with E-state index in [9.17, 15) is 9.50 Å². The fraction of sp³-hybridized carbons (Fsp3) is 0.455. The van der Waals surface area contributed by atoms with Crippen LogP contribution in [0.2, 0.25) is 0 Å². The Kier molecular flexibility index (Phi) is 3.67. The van der Waals surface area contributed by atoms with Gasteiger partial charge in [-0.2, -0.15) is 0 Å². The van der Waals surface area contributed by atoms with Gasteiger partial charge in [-0.15, -0.1) is 0 Å². The number of halogens is 2. The first kappa shape index (κ1) is 11.7. The van der Waals surface area contributed by atoms with Gasteiger partial charge in [-0.3, -0.25) is 0 Å². The molecular formula is C11H14BrFO. The second kappa shape index (κ2) is 4.41. The van der Waals surface area contributed by atoms with Crippen LogP contribution >= 0.6 is 15.9 Å². The van der Waals surface area contributed by atoms with Gasteiger partial charge >= 0.3 is 0 Å². The van der Waals surface area contributed by atoms with Crippen molar-refractivity contribution in [2.75, 3.05) is 0 Å². The van der Waals surface area contributed by atoms with Crippen molar-refractivity contribution >= 4 is 15.9 Å². The van der Waals surface area contributed by atoms with Gasteiger partial charge in [0.2, 0.25) is 0 Å². The highest BCUT2D eigenvalue weighted by Crippen LogP contribution is 2.22. The zero-order valence-corrected chi connectivity index (χ0v) is 9.94. The SMILES string of the molecule is CCC(C)(O)Cc1cc(Br)ccc1F. The first-order valence-electron chi connectivity index (χ1n) is 4.61. The van der Waals surface area contributed by atoms with Crippen LogP contribution in [0.1, 0.15) is 25.8 Å². The standard InChI is InChI=1S/C11H14BrFO/c1-3-11(2,14)7-8-6-9(12)4-5-10(8)13/h4-6,14H,3,7H2,1-2H3. The van der Waals surface area contributed by atoms with E-state index in [4.69, 9.17) is 0 Å². The molecule has 1 aromatic rings. The van der Waals surface area contributed by atoms with Crippen molar-refractivity contribution in [1.82, 2.24) is 0 Å². The van der Waals surface area contributed by atoms with Crippen molar-refractivity contribution in [2.45, 2.75) is 32.3 Å². The van der Waals surface area contributed by atoms with Crippen molar-refractivity contribution in [3.05, 3.63) is 34.1 Å². The maximum Gasteiger partial charge on any atom is 0.126 e. The highest BCUT2D eigenvalue weighted by Gasteiger charge is 2.20. The third-order valence-corrected chi connectivity index (χ3v) is 2.83. The van der Waals surface area contributed by atoms with Gasteiger partial charge in [0.15, 0.2) is 0 Å². The molecule has 0 bridgehead atoms. The minimum absolute atomic E-state index is 0.262. The van der Waals surface area contributed by atoms with E-state index in [-0.39, 0.29) is 5.82 Å². The highest BCUT2D eigenvalue weighted by molar-refractivity contribution is 9.10. The summed E-state index contributed by atoms with van der Waals surface area (Å²) in [5.74, 6) is -0.262. The van der Waals surface area contributed by atoms with Gasteiger partial charge in [0.1, 0.15) is 5.82 Å². The van der Waals surface area contributed by atoms with E-state index in [0.717, 1.165) is 4.47 Å². The first-order chi connectivity index (χ1) is 6.44. The lowest BCUT2D eigenvalue weighted by Gasteiger charge is -2.21. The highest BCUT2D eigenvalue weighted by atomic mass is 79.9. The van der Waals surface area contributed by atoms with Gasteiger partial charge in [-0.1, -0.05) is 22.9 Å². The van der Waals surface area contributed by atoms with Crippen LogP contribution < -0.4 is 0 Å². The molecule has 1 N–H and O–H groups in total. The third kappa shape index (κ3) is 3.07. The molecule has 14 heavy (non-hydrogen) atoms. The van der Waals surface area contributed by atoms with E-state index < -0.39 is 5.60 Å². The Morgan fingerprint density at radius 3 is 2.71 bits per heavy atom. The van der Waals surface area contributed by atoms with Gasteiger partial charge < -0.3 is 5.11 Å². The van der Waals surface area contributed by atoms with Crippen molar-refractivity contribution in [3.63, 3.8) is 0 Å². The lowest BCUT2D eigenvalue weighted by Crippen LogP contribution is -2.26. The van der Waals surface area contributed by atoms with Crippen molar-refractivity contribution in [3.8, 4) is 0 Å². The zero-order chi connectivity index (χ0) is 10.8. The number of benzene rings is 1. The molecule has 78 valence electrons. The minimum atomic E-state index is -0.832. The van der Waals surface area contributed by atoms with Crippen LogP contribution in [0.15, 0.2) is 22.7 Å². The summed E-state index contributed by atoms with van der Waals surface area (Å²) in [6.07, 6.45) is 0.952. The van der Waals surface area contributed by atoms with E-state index in [1.807, 2.05) is 6.92 Å². The Morgan fingerprint density at radius 2 is 2.14 bits per heavy atom. The van der Waals surface area contributed by atoms with Gasteiger partial charge in [0.05, 0.1) is 5.60 Å². The number of hydrogen-bond acceptors (Lipinski definition) is 1. The van der Waals surface area contributed by atoms with E-state index in [0.29, 0.717) is 18.4 Å². The molecule has 1 nitrogen and oxygen atoms in total. The molecule has 0 amide bonds. The molecule has 0 fully saturated rings. The molecule has 1 aromatic carbocycles. The summed E-state index contributed by atoms with van der Waals surface area (Å²) in [7, 11) is 0. The second-order valence-electron chi connectivity index (χ2n) is 3.76. The Labute approximate surface area is 92.1 Å². The smallest absolute Gasteiger partial charge is 0.126 e. The van der Waals surface area contributed by atoms with Crippen LogP contribution in [0.3, 0.4) is 0 Å². The molecular weight excluding hydrogens is 247 g/mol. The molecule has 0 aliphatic carbocycles. The van der Waals surface area contributed by atoms with E-state index >= 15 is 0 Å². The summed E-state index contributed by atoms with van der Waals surface area (Å²) >= 11 is 3.28. The molecule has 0 heterocycles. The largest absolute Gasteiger partial charge is 0.390 e. The van der Waals surface area contributed by atoms with Crippen LogP contribution in [-0.4, -0.2) is 10.7 Å². The molecule has 0 saturated carbocycles. The Bertz CT molecular complexity index is 323. The quantitative estimate of drug-likeness (QED) is 0.885. The number of rotatable bonds is 3. The number of hydrogen-bond donors (Lipinski definition) is 1. The Hall–Kier alpha value is -0.410. The molecule has 0 spiro atoms. The summed E-state index contributed by atoms with van der Waals surface area (Å²) in [6.45, 7) is 3.60. The molecule has 0 radical (unpaired) electrons. The summed E-state index contributed by atoms with van der Waals surface area (Å²) in [5, 5.41) is 9.81. The fourth-order valence-electron chi connectivity index (χ4n) is 1.21. The molecule has 1 unspecified atom stereocenters. The van der Waals surface area contributed by atoms with Crippen LogP contribution in [-0.2, 0) is 6.42 Å². The molecule has 1 rings (SSSR count). The Balaban J connectivity index is 2.91. The molecule has 3 heteroatoms. The van der Waals surface area contributed by atoms with E-state index in [2.05, 4.69) is 15.9 Å². The molecule has 1 atom stereocenters. The summed E-state index contributed by atoms with van der Waals surface area (Å²) < 4.78 is 14.1. The second-order valence-corrected chi connectivity index (χ2v) is 4.68. The van der Waals surface area contributed by atoms with Crippen LogP contribution in [0, 0.1) is 5.82 Å². The molecule has 0 aliphatic rings. The number of aliphatic hydroxyl groups is 1. The molecule has 0 saturated heterocycles. The van der Waals surface area contributed by atoms with Gasteiger partial charge in [-0.25, -0.2) is 4.39 Å². The molecule has 0 aromatic heterocycles. The van der Waals surface area contributed by atoms with Crippen LogP contribution in [0.5, 0.6) is 0 Å². The third-order valence-electron chi connectivity index (χ3n) is 2.34. The average Bonchev–Trinajstić information content (AvgIpc) is 2.11. The van der Waals surface area contributed by atoms with E-state index in [1.165, 1.54) is 6.07 Å².